The summed E-state index contributed by atoms with van der Waals surface area (Å²) in [7, 11) is 0. The van der Waals surface area contributed by atoms with E-state index in [-0.39, 0.29) is 6.54 Å². The van der Waals surface area contributed by atoms with Crippen LogP contribution in [0.3, 0.4) is 0 Å². The standard InChI is InChI=1S/C21H22ClN3O3/c1-13(2)14-4-6-15(7-5-14)21(3)19(27)25(20(28)24-21)12-18(26)23-17-10-8-16(22)9-11-17/h4-11,13H,12H2,1-3H3,(H,23,26)(H,24,28)/t21-/m0/s1. The number of urea groups is 1. The van der Waals surface area contributed by atoms with Crippen molar-refractivity contribution in [2.24, 2.45) is 0 Å². The van der Waals surface area contributed by atoms with E-state index < -0.39 is 23.4 Å². The SMILES string of the molecule is CC(C)c1ccc([C@]2(C)NC(=O)N(CC(=O)Nc3ccc(Cl)cc3)C2=O)cc1. The van der Waals surface area contributed by atoms with Crippen LogP contribution < -0.4 is 10.6 Å². The molecule has 1 heterocycles. The third-order valence-corrected chi connectivity index (χ3v) is 5.11. The molecule has 0 bridgehead atoms. The van der Waals surface area contributed by atoms with Crippen LogP contribution in [0.2, 0.25) is 5.02 Å². The minimum absolute atomic E-state index is 0.365. The molecule has 0 aromatic heterocycles. The fourth-order valence-electron chi connectivity index (χ4n) is 3.11. The van der Waals surface area contributed by atoms with Gasteiger partial charge in [0.2, 0.25) is 5.91 Å². The minimum atomic E-state index is -1.20. The van der Waals surface area contributed by atoms with Crippen molar-refractivity contribution in [2.45, 2.75) is 32.2 Å². The summed E-state index contributed by atoms with van der Waals surface area (Å²) in [5.41, 5.74) is 1.15. The molecule has 2 N–H and O–H groups in total. The van der Waals surface area contributed by atoms with Gasteiger partial charge >= 0.3 is 6.03 Å². The Kier molecular flexibility index (Phi) is 5.42. The molecule has 28 heavy (non-hydrogen) atoms. The maximum Gasteiger partial charge on any atom is 0.325 e. The van der Waals surface area contributed by atoms with Crippen molar-refractivity contribution >= 4 is 35.1 Å². The Hall–Kier alpha value is -2.86. The summed E-state index contributed by atoms with van der Waals surface area (Å²) in [6.07, 6.45) is 0. The predicted octanol–water partition coefficient (Wildman–Crippen LogP) is 3.87. The molecular formula is C21H22ClN3O3. The molecule has 1 fully saturated rings. The Morgan fingerprint density at radius 2 is 1.71 bits per heavy atom. The topological polar surface area (TPSA) is 78.5 Å². The van der Waals surface area contributed by atoms with Gasteiger partial charge in [-0.1, -0.05) is 49.7 Å². The third kappa shape index (κ3) is 3.87. The Morgan fingerprint density at radius 3 is 2.29 bits per heavy atom. The Morgan fingerprint density at radius 1 is 1.11 bits per heavy atom. The Balaban J connectivity index is 1.73. The van der Waals surface area contributed by atoms with Gasteiger partial charge < -0.3 is 10.6 Å². The molecule has 0 unspecified atom stereocenters. The van der Waals surface area contributed by atoms with Crippen LogP contribution in [0.25, 0.3) is 0 Å². The molecule has 7 heteroatoms. The van der Waals surface area contributed by atoms with Crippen molar-refractivity contribution in [3.63, 3.8) is 0 Å². The first-order valence-electron chi connectivity index (χ1n) is 9.00. The van der Waals surface area contributed by atoms with Gasteiger partial charge in [0, 0.05) is 10.7 Å². The van der Waals surface area contributed by atoms with Crippen molar-refractivity contribution in [1.82, 2.24) is 10.2 Å². The molecule has 0 aliphatic carbocycles. The number of carbonyl (C=O) groups excluding carboxylic acids is 3. The average molecular weight is 400 g/mol. The number of anilines is 1. The molecule has 1 saturated heterocycles. The van der Waals surface area contributed by atoms with Gasteiger partial charge in [-0.05, 0) is 48.2 Å². The van der Waals surface area contributed by atoms with E-state index in [9.17, 15) is 14.4 Å². The second-order valence-corrected chi connectivity index (χ2v) is 7.71. The van der Waals surface area contributed by atoms with Crippen molar-refractivity contribution in [1.29, 1.82) is 0 Å². The van der Waals surface area contributed by atoms with Gasteiger partial charge in [-0.15, -0.1) is 0 Å². The number of halogens is 1. The number of amides is 4. The fraction of sp³-hybridized carbons (Fsp3) is 0.286. The Labute approximate surface area is 168 Å². The lowest BCUT2D eigenvalue weighted by molar-refractivity contribution is -0.133. The van der Waals surface area contributed by atoms with Crippen molar-refractivity contribution < 1.29 is 14.4 Å². The molecule has 0 spiro atoms. The highest BCUT2D eigenvalue weighted by Crippen LogP contribution is 2.30. The summed E-state index contributed by atoms with van der Waals surface area (Å²) in [4.78, 5) is 38.5. The van der Waals surface area contributed by atoms with E-state index >= 15 is 0 Å². The molecule has 3 rings (SSSR count). The fourth-order valence-corrected chi connectivity index (χ4v) is 3.24. The van der Waals surface area contributed by atoms with Gasteiger partial charge in [0.15, 0.2) is 0 Å². The first-order valence-corrected chi connectivity index (χ1v) is 9.38. The number of carbonyl (C=O) groups is 3. The van der Waals surface area contributed by atoms with Crippen LogP contribution in [0, 0.1) is 0 Å². The van der Waals surface area contributed by atoms with Crippen LogP contribution in [0.5, 0.6) is 0 Å². The average Bonchev–Trinajstić information content (AvgIpc) is 2.88. The van der Waals surface area contributed by atoms with E-state index in [1.54, 1.807) is 31.2 Å². The lowest BCUT2D eigenvalue weighted by atomic mass is 9.90. The molecule has 1 atom stereocenters. The zero-order valence-electron chi connectivity index (χ0n) is 16.0. The summed E-state index contributed by atoms with van der Waals surface area (Å²) < 4.78 is 0. The molecule has 1 aliphatic rings. The van der Waals surface area contributed by atoms with Gasteiger partial charge in [-0.2, -0.15) is 0 Å². The summed E-state index contributed by atoms with van der Waals surface area (Å²) in [6, 6.07) is 13.5. The second kappa shape index (κ2) is 7.64. The molecule has 146 valence electrons. The van der Waals surface area contributed by atoms with E-state index in [4.69, 9.17) is 11.6 Å². The van der Waals surface area contributed by atoms with Crippen molar-refractivity contribution in [2.75, 3.05) is 11.9 Å². The summed E-state index contributed by atoms with van der Waals surface area (Å²) in [5.74, 6) is -0.560. The normalized spacial score (nSPS) is 19.1. The minimum Gasteiger partial charge on any atom is -0.325 e. The number of nitrogens with zero attached hydrogens (tertiary/aromatic N) is 1. The quantitative estimate of drug-likeness (QED) is 0.749. The highest BCUT2D eigenvalue weighted by atomic mass is 35.5. The molecule has 2 aromatic carbocycles. The molecular weight excluding hydrogens is 378 g/mol. The summed E-state index contributed by atoms with van der Waals surface area (Å²) >= 11 is 5.82. The van der Waals surface area contributed by atoms with E-state index in [2.05, 4.69) is 24.5 Å². The highest BCUT2D eigenvalue weighted by Gasteiger charge is 2.49. The van der Waals surface area contributed by atoms with Crippen LogP contribution in [0.1, 0.15) is 37.8 Å². The first kappa shape index (κ1) is 19.9. The van der Waals surface area contributed by atoms with Crippen LogP contribution in [-0.2, 0) is 15.1 Å². The number of benzene rings is 2. The zero-order chi connectivity index (χ0) is 20.5. The number of imide groups is 1. The van der Waals surface area contributed by atoms with E-state index in [0.29, 0.717) is 22.2 Å². The lowest BCUT2D eigenvalue weighted by Gasteiger charge is -2.22. The molecule has 0 saturated carbocycles. The maximum atomic E-state index is 12.9. The van der Waals surface area contributed by atoms with Gasteiger partial charge in [-0.25, -0.2) is 4.79 Å². The van der Waals surface area contributed by atoms with Crippen LogP contribution in [-0.4, -0.2) is 29.3 Å². The van der Waals surface area contributed by atoms with Crippen LogP contribution >= 0.6 is 11.6 Å². The number of nitrogens with one attached hydrogen (secondary N) is 2. The third-order valence-electron chi connectivity index (χ3n) is 4.86. The Bertz CT molecular complexity index is 909. The predicted molar refractivity (Wildman–Crippen MR) is 108 cm³/mol. The van der Waals surface area contributed by atoms with E-state index in [0.717, 1.165) is 10.5 Å². The maximum absolute atomic E-state index is 12.9. The summed E-state index contributed by atoms with van der Waals surface area (Å²) in [5, 5.41) is 5.91. The molecule has 1 aliphatic heterocycles. The molecule has 4 amide bonds. The monoisotopic (exact) mass is 399 g/mol. The van der Waals surface area contributed by atoms with Crippen molar-refractivity contribution in [3.8, 4) is 0 Å². The van der Waals surface area contributed by atoms with Gasteiger partial charge in [0.1, 0.15) is 12.1 Å². The van der Waals surface area contributed by atoms with E-state index in [1.165, 1.54) is 0 Å². The zero-order valence-corrected chi connectivity index (χ0v) is 16.7. The smallest absolute Gasteiger partial charge is 0.325 e. The number of hydrogen-bond donors (Lipinski definition) is 2. The largest absolute Gasteiger partial charge is 0.325 e. The van der Waals surface area contributed by atoms with Crippen LogP contribution in [0.4, 0.5) is 10.5 Å². The molecule has 0 radical (unpaired) electrons. The number of hydrogen-bond acceptors (Lipinski definition) is 3. The van der Waals surface area contributed by atoms with Crippen molar-refractivity contribution in [3.05, 3.63) is 64.7 Å². The first-order chi connectivity index (χ1) is 13.2. The van der Waals surface area contributed by atoms with Gasteiger partial charge in [0.05, 0.1) is 0 Å². The second-order valence-electron chi connectivity index (χ2n) is 7.28. The van der Waals surface area contributed by atoms with E-state index in [1.807, 2.05) is 24.3 Å². The molecule has 2 aromatic rings. The number of rotatable bonds is 5. The van der Waals surface area contributed by atoms with Crippen LogP contribution in [0.15, 0.2) is 48.5 Å². The summed E-state index contributed by atoms with van der Waals surface area (Å²) in [6.45, 7) is 5.45. The van der Waals surface area contributed by atoms with Gasteiger partial charge in [-0.3, -0.25) is 14.5 Å². The highest BCUT2D eigenvalue weighted by molar-refractivity contribution is 6.30. The lowest BCUT2D eigenvalue weighted by Crippen LogP contribution is -2.42. The molecule has 6 nitrogen and oxygen atoms in total. The van der Waals surface area contributed by atoms with Gasteiger partial charge in [0.25, 0.3) is 5.91 Å².